The van der Waals surface area contributed by atoms with Crippen LogP contribution < -0.4 is 5.32 Å². The van der Waals surface area contributed by atoms with Gasteiger partial charge < -0.3 is 15.2 Å². The van der Waals surface area contributed by atoms with Crippen LogP contribution in [0.4, 0.5) is 5.82 Å². The second-order valence-corrected chi connectivity index (χ2v) is 4.41. The van der Waals surface area contributed by atoms with Gasteiger partial charge in [0.1, 0.15) is 0 Å². The summed E-state index contributed by atoms with van der Waals surface area (Å²) in [6.45, 7) is 0.725. The zero-order chi connectivity index (χ0) is 13.1. The van der Waals surface area contributed by atoms with Crippen molar-refractivity contribution in [2.45, 2.75) is 18.6 Å². The van der Waals surface area contributed by atoms with Crippen LogP contribution in [0.15, 0.2) is 18.3 Å². The van der Waals surface area contributed by atoms with Crippen molar-refractivity contribution < 1.29 is 14.6 Å². The molecule has 2 atom stereocenters. The summed E-state index contributed by atoms with van der Waals surface area (Å²) < 4.78 is 5.25. The van der Waals surface area contributed by atoms with Gasteiger partial charge in [0.2, 0.25) is 5.91 Å². The minimum atomic E-state index is -0.253. The third-order valence-electron chi connectivity index (χ3n) is 3.17. The first-order valence-corrected chi connectivity index (χ1v) is 5.79. The van der Waals surface area contributed by atoms with Gasteiger partial charge in [-0.1, -0.05) is 0 Å². The number of aromatic hydroxyl groups is 1. The van der Waals surface area contributed by atoms with E-state index < -0.39 is 0 Å². The van der Waals surface area contributed by atoms with E-state index in [0.717, 1.165) is 6.54 Å². The summed E-state index contributed by atoms with van der Waals surface area (Å²) in [5, 5.41) is 12.2. The summed E-state index contributed by atoms with van der Waals surface area (Å²) in [7, 11) is 3.52. The first kappa shape index (κ1) is 12.8. The topological polar surface area (TPSA) is 74.7 Å². The number of likely N-dealkylation sites (tertiary alicyclic amines) is 1. The third kappa shape index (κ3) is 2.60. The second-order valence-electron chi connectivity index (χ2n) is 4.41. The van der Waals surface area contributed by atoms with Gasteiger partial charge in [0.05, 0.1) is 12.1 Å². The predicted molar refractivity (Wildman–Crippen MR) is 66.4 cm³/mol. The minimum Gasteiger partial charge on any atom is -0.504 e. The van der Waals surface area contributed by atoms with Gasteiger partial charge in [-0.2, -0.15) is 0 Å². The molecule has 0 bridgehead atoms. The van der Waals surface area contributed by atoms with Crippen LogP contribution in [-0.4, -0.2) is 53.7 Å². The highest BCUT2D eigenvalue weighted by atomic mass is 16.5. The van der Waals surface area contributed by atoms with Gasteiger partial charge in [-0.05, 0) is 25.6 Å². The van der Waals surface area contributed by atoms with Gasteiger partial charge in [-0.25, -0.2) is 4.98 Å². The van der Waals surface area contributed by atoms with E-state index in [-0.39, 0.29) is 29.6 Å². The fourth-order valence-electron chi connectivity index (χ4n) is 2.12. The average molecular weight is 251 g/mol. The van der Waals surface area contributed by atoms with E-state index in [1.54, 1.807) is 13.2 Å². The third-order valence-corrected chi connectivity index (χ3v) is 3.17. The van der Waals surface area contributed by atoms with E-state index >= 15 is 0 Å². The quantitative estimate of drug-likeness (QED) is 0.815. The van der Waals surface area contributed by atoms with E-state index in [2.05, 4.69) is 10.3 Å². The van der Waals surface area contributed by atoms with Crippen molar-refractivity contribution in [3.8, 4) is 5.75 Å². The number of nitrogens with one attached hydrogen (secondary N) is 1. The van der Waals surface area contributed by atoms with Gasteiger partial charge in [-0.15, -0.1) is 0 Å². The molecule has 0 aromatic carbocycles. The van der Waals surface area contributed by atoms with E-state index in [0.29, 0.717) is 6.42 Å². The number of anilines is 1. The Morgan fingerprint density at radius 1 is 1.67 bits per heavy atom. The fourth-order valence-corrected chi connectivity index (χ4v) is 2.12. The van der Waals surface area contributed by atoms with Crippen LogP contribution in [0.25, 0.3) is 0 Å². The standard InChI is InChI=1S/C12H17N3O3/c1-15-7-8(18-2)6-9(15)12(17)14-11-10(16)4-3-5-13-11/h3-5,8-9,16H,6-7H2,1-2H3,(H,13,14,17)/t8-,9-/m0/s1. The highest BCUT2D eigenvalue weighted by Crippen LogP contribution is 2.22. The first-order chi connectivity index (χ1) is 8.61. The van der Waals surface area contributed by atoms with Crippen molar-refractivity contribution in [3.63, 3.8) is 0 Å². The number of nitrogens with zero attached hydrogens (tertiary/aromatic N) is 2. The molecule has 2 heterocycles. The fraction of sp³-hybridized carbons (Fsp3) is 0.500. The molecular formula is C12H17N3O3. The minimum absolute atomic E-state index is 0.0326. The van der Waals surface area contributed by atoms with E-state index in [1.807, 2.05) is 11.9 Å². The van der Waals surface area contributed by atoms with Crippen molar-refractivity contribution in [3.05, 3.63) is 18.3 Å². The molecule has 1 aliphatic heterocycles. The van der Waals surface area contributed by atoms with Gasteiger partial charge >= 0.3 is 0 Å². The molecule has 98 valence electrons. The SMILES string of the molecule is CO[C@H]1C[C@@H](C(=O)Nc2ncccc2O)N(C)C1. The number of carbonyl (C=O) groups is 1. The van der Waals surface area contributed by atoms with Crippen LogP contribution in [0.2, 0.25) is 0 Å². The van der Waals surface area contributed by atoms with Crippen LogP contribution in [-0.2, 0) is 9.53 Å². The molecule has 1 aromatic rings. The molecule has 2 N–H and O–H groups in total. The maximum atomic E-state index is 12.1. The molecular weight excluding hydrogens is 234 g/mol. The lowest BCUT2D eigenvalue weighted by atomic mass is 10.2. The van der Waals surface area contributed by atoms with Gasteiger partial charge in [-0.3, -0.25) is 9.69 Å². The van der Waals surface area contributed by atoms with Crippen LogP contribution >= 0.6 is 0 Å². The normalized spacial score (nSPS) is 24.1. The van der Waals surface area contributed by atoms with Crippen LogP contribution in [0.1, 0.15) is 6.42 Å². The summed E-state index contributed by atoms with van der Waals surface area (Å²) in [5.74, 6) is -0.0161. The monoisotopic (exact) mass is 251 g/mol. The lowest BCUT2D eigenvalue weighted by Crippen LogP contribution is -2.37. The number of pyridine rings is 1. The molecule has 1 saturated heterocycles. The molecule has 6 heteroatoms. The molecule has 1 amide bonds. The average Bonchev–Trinajstić information content (AvgIpc) is 2.73. The predicted octanol–water partition coefficient (Wildman–Crippen LogP) is 0.445. The highest BCUT2D eigenvalue weighted by Gasteiger charge is 2.34. The number of carbonyl (C=O) groups excluding carboxylic acids is 1. The van der Waals surface area contributed by atoms with Crippen molar-refractivity contribution >= 4 is 11.7 Å². The van der Waals surface area contributed by atoms with E-state index in [9.17, 15) is 9.90 Å². The lowest BCUT2D eigenvalue weighted by molar-refractivity contribution is -0.120. The molecule has 0 radical (unpaired) electrons. The van der Waals surface area contributed by atoms with E-state index in [4.69, 9.17) is 4.74 Å². The maximum absolute atomic E-state index is 12.1. The number of aromatic nitrogens is 1. The Bertz CT molecular complexity index is 438. The number of ether oxygens (including phenoxy) is 1. The Morgan fingerprint density at radius 3 is 3.06 bits per heavy atom. The molecule has 6 nitrogen and oxygen atoms in total. The van der Waals surface area contributed by atoms with Crippen molar-refractivity contribution in [2.24, 2.45) is 0 Å². The Kier molecular flexibility index (Phi) is 3.78. The largest absolute Gasteiger partial charge is 0.504 e. The zero-order valence-electron chi connectivity index (χ0n) is 10.5. The smallest absolute Gasteiger partial charge is 0.243 e. The Labute approximate surface area is 106 Å². The van der Waals surface area contributed by atoms with Gasteiger partial charge in [0.15, 0.2) is 11.6 Å². The number of rotatable bonds is 3. The van der Waals surface area contributed by atoms with Crippen LogP contribution in [0.3, 0.4) is 0 Å². The maximum Gasteiger partial charge on any atom is 0.243 e. The number of amides is 1. The van der Waals surface area contributed by atoms with Gasteiger partial charge in [0, 0.05) is 19.9 Å². The second kappa shape index (κ2) is 5.32. The summed E-state index contributed by atoms with van der Waals surface area (Å²) in [6, 6.07) is 2.84. The molecule has 1 fully saturated rings. The van der Waals surface area contributed by atoms with Crippen LogP contribution in [0.5, 0.6) is 5.75 Å². The summed E-state index contributed by atoms with van der Waals surface area (Å²) in [4.78, 5) is 17.9. The molecule has 0 aliphatic carbocycles. The van der Waals surface area contributed by atoms with Crippen molar-refractivity contribution in [1.29, 1.82) is 0 Å². The Morgan fingerprint density at radius 2 is 2.44 bits per heavy atom. The summed E-state index contributed by atoms with van der Waals surface area (Å²) >= 11 is 0. The molecule has 0 spiro atoms. The lowest BCUT2D eigenvalue weighted by Gasteiger charge is -2.18. The van der Waals surface area contributed by atoms with Crippen LogP contribution in [0, 0.1) is 0 Å². The summed E-state index contributed by atoms with van der Waals surface area (Å²) in [6.07, 6.45) is 2.24. The molecule has 0 saturated carbocycles. The highest BCUT2D eigenvalue weighted by molar-refractivity contribution is 5.95. The van der Waals surface area contributed by atoms with E-state index in [1.165, 1.54) is 12.3 Å². The van der Waals surface area contributed by atoms with Crippen molar-refractivity contribution in [2.75, 3.05) is 26.0 Å². The number of hydrogen-bond donors (Lipinski definition) is 2. The number of likely N-dealkylation sites (N-methyl/N-ethyl adjacent to an activating group) is 1. The molecule has 2 rings (SSSR count). The summed E-state index contributed by atoms with van der Waals surface area (Å²) in [5.41, 5.74) is 0. The Balaban J connectivity index is 2.03. The zero-order valence-corrected chi connectivity index (χ0v) is 10.5. The molecule has 18 heavy (non-hydrogen) atoms. The van der Waals surface area contributed by atoms with Crippen molar-refractivity contribution in [1.82, 2.24) is 9.88 Å². The first-order valence-electron chi connectivity index (χ1n) is 5.79. The Hall–Kier alpha value is -1.66. The molecule has 1 aliphatic rings. The van der Waals surface area contributed by atoms with Gasteiger partial charge in [0.25, 0.3) is 0 Å². The molecule has 1 aromatic heterocycles. The number of methoxy groups -OCH3 is 1. The molecule has 0 unspecified atom stereocenters. The number of hydrogen-bond acceptors (Lipinski definition) is 5.